The van der Waals surface area contributed by atoms with Crippen molar-refractivity contribution in [3.8, 4) is 11.3 Å². The van der Waals surface area contributed by atoms with Crippen molar-refractivity contribution in [1.82, 2.24) is 20.2 Å². The smallest absolute Gasteiger partial charge is 0.218 e. The minimum Gasteiger partial charge on any atom is -0.340 e. The molecule has 0 bridgehead atoms. The SMILES string of the molecule is CS(=O)c1nccc(-c2ccccc2Nc2ccn[nH]2)n1. The summed E-state index contributed by atoms with van der Waals surface area (Å²) in [5.41, 5.74) is 2.51. The molecule has 1 atom stereocenters. The first-order valence-electron chi connectivity index (χ1n) is 6.26. The first-order chi connectivity index (χ1) is 10.2. The summed E-state index contributed by atoms with van der Waals surface area (Å²) in [6, 6.07) is 11.4. The van der Waals surface area contributed by atoms with Crippen LogP contribution in [-0.2, 0) is 10.8 Å². The van der Waals surface area contributed by atoms with Crippen LogP contribution in [0.15, 0.2) is 53.9 Å². The van der Waals surface area contributed by atoms with Crippen LogP contribution in [0.1, 0.15) is 0 Å². The Morgan fingerprint density at radius 3 is 2.76 bits per heavy atom. The Labute approximate surface area is 124 Å². The van der Waals surface area contributed by atoms with Crippen LogP contribution < -0.4 is 5.32 Å². The van der Waals surface area contributed by atoms with Crippen molar-refractivity contribution in [3.05, 3.63) is 48.8 Å². The maximum Gasteiger partial charge on any atom is 0.218 e. The van der Waals surface area contributed by atoms with E-state index < -0.39 is 10.8 Å². The van der Waals surface area contributed by atoms with Crippen LogP contribution in [0, 0.1) is 0 Å². The molecule has 0 aliphatic carbocycles. The highest BCUT2D eigenvalue weighted by Gasteiger charge is 2.09. The van der Waals surface area contributed by atoms with E-state index in [1.165, 1.54) is 0 Å². The van der Waals surface area contributed by atoms with Gasteiger partial charge in [0.15, 0.2) is 0 Å². The van der Waals surface area contributed by atoms with Crippen LogP contribution in [0.2, 0.25) is 0 Å². The minimum absolute atomic E-state index is 0.323. The monoisotopic (exact) mass is 299 g/mol. The molecule has 3 aromatic rings. The van der Waals surface area contributed by atoms with Crippen molar-refractivity contribution in [1.29, 1.82) is 0 Å². The Morgan fingerprint density at radius 1 is 1.14 bits per heavy atom. The normalized spacial score (nSPS) is 12.0. The van der Waals surface area contributed by atoms with Crippen molar-refractivity contribution in [2.24, 2.45) is 0 Å². The summed E-state index contributed by atoms with van der Waals surface area (Å²) >= 11 is 0. The Balaban J connectivity index is 2.02. The van der Waals surface area contributed by atoms with Gasteiger partial charge in [0.05, 0.1) is 22.7 Å². The number of para-hydroxylation sites is 1. The van der Waals surface area contributed by atoms with Crippen molar-refractivity contribution in [2.45, 2.75) is 5.16 Å². The van der Waals surface area contributed by atoms with Gasteiger partial charge in [-0.15, -0.1) is 0 Å². The van der Waals surface area contributed by atoms with Gasteiger partial charge in [-0.3, -0.25) is 9.31 Å². The maximum absolute atomic E-state index is 11.5. The van der Waals surface area contributed by atoms with Gasteiger partial charge >= 0.3 is 0 Å². The van der Waals surface area contributed by atoms with Gasteiger partial charge in [-0.2, -0.15) is 5.10 Å². The molecule has 7 heteroatoms. The third-order valence-corrected chi connectivity index (χ3v) is 3.57. The number of nitrogens with one attached hydrogen (secondary N) is 2. The summed E-state index contributed by atoms with van der Waals surface area (Å²) in [6.45, 7) is 0. The fraction of sp³-hybridized carbons (Fsp3) is 0.0714. The van der Waals surface area contributed by atoms with Gasteiger partial charge in [0.2, 0.25) is 5.16 Å². The third kappa shape index (κ3) is 2.97. The van der Waals surface area contributed by atoms with E-state index in [-0.39, 0.29) is 0 Å². The fourth-order valence-corrected chi connectivity index (χ4v) is 2.35. The van der Waals surface area contributed by atoms with E-state index in [1.807, 2.05) is 30.3 Å². The summed E-state index contributed by atoms with van der Waals surface area (Å²) in [5, 5.41) is 10.3. The number of benzene rings is 1. The summed E-state index contributed by atoms with van der Waals surface area (Å²) in [6.07, 6.45) is 4.86. The Bertz CT molecular complexity index is 773. The molecule has 0 aliphatic rings. The lowest BCUT2D eigenvalue weighted by Crippen LogP contribution is -1.99. The average molecular weight is 299 g/mol. The molecule has 2 aromatic heterocycles. The molecule has 1 unspecified atom stereocenters. The van der Waals surface area contributed by atoms with Crippen molar-refractivity contribution in [3.63, 3.8) is 0 Å². The lowest BCUT2D eigenvalue weighted by Gasteiger charge is -2.10. The number of hydrogen-bond donors (Lipinski definition) is 2. The molecule has 0 amide bonds. The largest absolute Gasteiger partial charge is 0.340 e. The van der Waals surface area contributed by atoms with Crippen LogP contribution in [-0.4, -0.2) is 30.6 Å². The molecule has 21 heavy (non-hydrogen) atoms. The molecule has 0 aliphatic heterocycles. The van der Waals surface area contributed by atoms with Gasteiger partial charge in [-0.25, -0.2) is 9.97 Å². The highest BCUT2D eigenvalue weighted by molar-refractivity contribution is 7.84. The zero-order valence-electron chi connectivity index (χ0n) is 11.3. The summed E-state index contributed by atoms with van der Waals surface area (Å²) in [5.74, 6) is 0.788. The first-order valence-corrected chi connectivity index (χ1v) is 7.82. The average Bonchev–Trinajstić information content (AvgIpc) is 3.01. The van der Waals surface area contributed by atoms with Crippen LogP contribution in [0.3, 0.4) is 0 Å². The van der Waals surface area contributed by atoms with E-state index in [2.05, 4.69) is 25.5 Å². The molecule has 1 aromatic carbocycles. The van der Waals surface area contributed by atoms with Gasteiger partial charge < -0.3 is 5.32 Å². The van der Waals surface area contributed by atoms with E-state index in [4.69, 9.17) is 0 Å². The summed E-state index contributed by atoms with van der Waals surface area (Å²) in [7, 11) is -1.21. The molecule has 0 saturated heterocycles. The molecule has 0 fully saturated rings. The molecule has 2 heterocycles. The van der Waals surface area contributed by atoms with Gasteiger partial charge in [-0.1, -0.05) is 18.2 Å². The first kappa shape index (κ1) is 13.4. The maximum atomic E-state index is 11.5. The molecular weight excluding hydrogens is 286 g/mol. The predicted octanol–water partition coefficient (Wildman–Crippen LogP) is 2.35. The number of H-pyrrole nitrogens is 1. The Morgan fingerprint density at radius 2 is 2.00 bits per heavy atom. The number of aromatic amines is 1. The second-order valence-electron chi connectivity index (χ2n) is 4.32. The molecule has 3 rings (SSSR count). The summed E-state index contributed by atoms with van der Waals surface area (Å²) < 4.78 is 11.5. The minimum atomic E-state index is -1.21. The van der Waals surface area contributed by atoms with E-state index in [9.17, 15) is 4.21 Å². The fourth-order valence-electron chi connectivity index (χ4n) is 1.92. The number of anilines is 2. The lowest BCUT2D eigenvalue weighted by atomic mass is 10.1. The van der Waals surface area contributed by atoms with Gasteiger partial charge in [0, 0.05) is 29.8 Å². The van der Waals surface area contributed by atoms with Crippen LogP contribution in [0.5, 0.6) is 0 Å². The molecule has 0 spiro atoms. The number of hydrogen-bond acceptors (Lipinski definition) is 5. The second kappa shape index (κ2) is 5.84. The highest BCUT2D eigenvalue weighted by Crippen LogP contribution is 2.28. The van der Waals surface area contributed by atoms with Crippen molar-refractivity contribution < 1.29 is 4.21 Å². The standard InChI is InChI=1S/C14H13N5OS/c1-21(20)14-15-8-6-12(18-14)10-4-2-3-5-11(10)17-13-7-9-16-19-13/h2-9H,1H3,(H2,16,17,19). The second-order valence-corrected chi connectivity index (χ2v) is 5.59. The van der Waals surface area contributed by atoms with Gasteiger partial charge in [0.1, 0.15) is 5.82 Å². The van der Waals surface area contributed by atoms with Gasteiger partial charge in [-0.05, 0) is 12.1 Å². The molecule has 106 valence electrons. The molecule has 2 N–H and O–H groups in total. The van der Waals surface area contributed by atoms with Crippen molar-refractivity contribution in [2.75, 3.05) is 11.6 Å². The van der Waals surface area contributed by atoms with Gasteiger partial charge in [0.25, 0.3) is 0 Å². The predicted molar refractivity (Wildman–Crippen MR) is 81.7 cm³/mol. The number of rotatable bonds is 4. The van der Waals surface area contributed by atoms with E-state index >= 15 is 0 Å². The zero-order chi connectivity index (χ0) is 14.7. The molecule has 6 nitrogen and oxygen atoms in total. The zero-order valence-corrected chi connectivity index (χ0v) is 12.1. The number of nitrogens with zero attached hydrogens (tertiary/aromatic N) is 3. The molecular formula is C14H13N5OS. The lowest BCUT2D eigenvalue weighted by molar-refractivity contribution is 0.680. The Kier molecular flexibility index (Phi) is 3.74. The van der Waals surface area contributed by atoms with Crippen LogP contribution in [0.25, 0.3) is 11.3 Å². The Hall–Kier alpha value is -2.54. The summed E-state index contributed by atoms with van der Waals surface area (Å²) in [4.78, 5) is 8.38. The number of aromatic nitrogens is 4. The molecule has 0 radical (unpaired) electrons. The third-order valence-electron chi connectivity index (χ3n) is 2.86. The van der Waals surface area contributed by atoms with E-state index in [0.29, 0.717) is 5.16 Å². The van der Waals surface area contributed by atoms with Crippen molar-refractivity contribution >= 4 is 22.3 Å². The quantitative estimate of drug-likeness (QED) is 0.722. The highest BCUT2D eigenvalue weighted by atomic mass is 32.2. The molecule has 0 saturated carbocycles. The van der Waals surface area contributed by atoms with Crippen LogP contribution >= 0.6 is 0 Å². The topological polar surface area (TPSA) is 83.6 Å². The van der Waals surface area contributed by atoms with Crippen LogP contribution in [0.4, 0.5) is 11.5 Å². The van der Waals surface area contributed by atoms with E-state index in [0.717, 1.165) is 22.8 Å². The van der Waals surface area contributed by atoms with E-state index in [1.54, 1.807) is 24.7 Å².